The third-order valence-corrected chi connectivity index (χ3v) is 3.40. The lowest BCUT2D eigenvalue weighted by Crippen LogP contribution is -2.11. The highest BCUT2D eigenvalue weighted by molar-refractivity contribution is 5.87. The molecule has 1 heterocycles. The summed E-state index contributed by atoms with van der Waals surface area (Å²) in [5, 5.41) is 5.42. The maximum absolute atomic E-state index is 5.98. The molecule has 2 aromatic rings. The van der Waals surface area contributed by atoms with Crippen molar-refractivity contribution in [2.45, 2.75) is 33.2 Å². The summed E-state index contributed by atoms with van der Waals surface area (Å²) < 4.78 is 5.98. The summed E-state index contributed by atoms with van der Waals surface area (Å²) in [5.41, 5.74) is 1.02. The second-order valence-corrected chi connectivity index (χ2v) is 5.38. The van der Waals surface area contributed by atoms with Gasteiger partial charge in [0.1, 0.15) is 0 Å². The molecule has 0 radical (unpaired) electrons. The van der Waals surface area contributed by atoms with Crippen LogP contribution in [0.25, 0.3) is 10.8 Å². The first-order chi connectivity index (χ1) is 9.74. The highest BCUT2D eigenvalue weighted by Gasteiger charge is 2.09. The summed E-state index contributed by atoms with van der Waals surface area (Å²) in [6.45, 7) is 5.92. The largest absolute Gasteiger partial charge is 0.477 e. The molecule has 2 rings (SSSR count). The monoisotopic (exact) mass is 272 g/mol. The predicted octanol–water partition coefficient (Wildman–Crippen LogP) is 3.77. The molecule has 0 aliphatic heterocycles. The van der Waals surface area contributed by atoms with E-state index in [1.807, 2.05) is 13.1 Å². The van der Waals surface area contributed by atoms with E-state index < -0.39 is 0 Å². The quantitative estimate of drug-likeness (QED) is 0.833. The number of ether oxygens (including phenoxy) is 1. The fourth-order valence-corrected chi connectivity index (χ4v) is 2.40. The van der Waals surface area contributed by atoms with Gasteiger partial charge in [-0.3, -0.25) is 0 Å². The summed E-state index contributed by atoms with van der Waals surface area (Å²) >= 11 is 0. The van der Waals surface area contributed by atoms with Crippen molar-refractivity contribution >= 4 is 10.8 Å². The molecule has 0 saturated carbocycles. The lowest BCUT2D eigenvalue weighted by Gasteiger charge is -2.14. The van der Waals surface area contributed by atoms with Gasteiger partial charge in [-0.2, -0.15) is 0 Å². The first kappa shape index (κ1) is 14.8. The first-order valence-electron chi connectivity index (χ1n) is 7.40. The van der Waals surface area contributed by atoms with Gasteiger partial charge in [0.05, 0.1) is 12.3 Å². The van der Waals surface area contributed by atoms with Gasteiger partial charge in [0.25, 0.3) is 0 Å². The summed E-state index contributed by atoms with van der Waals surface area (Å²) in [5.74, 6) is 1.32. The molecule has 0 fully saturated rings. The van der Waals surface area contributed by atoms with E-state index in [-0.39, 0.29) is 0 Å². The summed E-state index contributed by atoms with van der Waals surface area (Å²) in [4.78, 5) is 4.64. The molecule has 0 aliphatic rings. The molecule has 1 aromatic carbocycles. The Morgan fingerprint density at radius 3 is 2.85 bits per heavy atom. The van der Waals surface area contributed by atoms with E-state index in [1.165, 1.54) is 18.2 Å². The molecule has 0 aliphatic carbocycles. The Kier molecular flexibility index (Phi) is 5.36. The number of hydrogen-bond acceptors (Lipinski definition) is 3. The van der Waals surface area contributed by atoms with Gasteiger partial charge in [-0.25, -0.2) is 4.98 Å². The lowest BCUT2D eigenvalue weighted by atomic mass is 10.1. The Morgan fingerprint density at radius 2 is 2.10 bits per heavy atom. The van der Waals surface area contributed by atoms with Crippen LogP contribution in [0.5, 0.6) is 5.88 Å². The van der Waals surface area contributed by atoms with Crippen molar-refractivity contribution < 1.29 is 4.74 Å². The minimum atomic E-state index is 0.563. The van der Waals surface area contributed by atoms with Crippen molar-refractivity contribution in [3.05, 3.63) is 36.0 Å². The molecule has 1 aromatic heterocycles. The van der Waals surface area contributed by atoms with Gasteiger partial charge in [-0.05, 0) is 36.9 Å². The molecule has 1 atom stereocenters. The molecular weight excluding hydrogens is 248 g/mol. The van der Waals surface area contributed by atoms with Gasteiger partial charge in [-0.15, -0.1) is 0 Å². The smallest absolute Gasteiger partial charge is 0.221 e. The fraction of sp³-hybridized carbons (Fsp3) is 0.471. The molecule has 20 heavy (non-hydrogen) atoms. The van der Waals surface area contributed by atoms with Gasteiger partial charge in [0.2, 0.25) is 5.88 Å². The Hall–Kier alpha value is -1.61. The maximum atomic E-state index is 5.98. The number of hydrogen-bond donors (Lipinski definition) is 1. The standard InChI is InChI=1S/C17H24N2O/c1-4-7-13(2)12-20-17-16-9-6-5-8-14(16)10-15(19-17)11-18-3/h5-6,8-10,13,18H,4,7,11-12H2,1-3H3. The van der Waals surface area contributed by atoms with Gasteiger partial charge in [0, 0.05) is 11.9 Å². The van der Waals surface area contributed by atoms with Crippen LogP contribution >= 0.6 is 0 Å². The van der Waals surface area contributed by atoms with E-state index in [9.17, 15) is 0 Å². The van der Waals surface area contributed by atoms with E-state index in [2.05, 4.69) is 48.4 Å². The summed E-state index contributed by atoms with van der Waals surface area (Å²) in [6, 6.07) is 10.4. The van der Waals surface area contributed by atoms with Crippen molar-refractivity contribution in [1.82, 2.24) is 10.3 Å². The fourth-order valence-electron chi connectivity index (χ4n) is 2.40. The number of benzene rings is 1. The van der Waals surface area contributed by atoms with Crippen molar-refractivity contribution in [2.75, 3.05) is 13.7 Å². The molecule has 108 valence electrons. The van der Waals surface area contributed by atoms with Crippen LogP contribution in [0.1, 0.15) is 32.4 Å². The highest BCUT2D eigenvalue weighted by Crippen LogP contribution is 2.25. The van der Waals surface area contributed by atoms with E-state index >= 15 is 0 Å². The number of pyridine rings is 1. The Bertz CT molecular complexity index is 554. The maximum Gasteiger partial charge on any atom is 0.221 e. The third-order valence-electron chi connectivity index (χ3n) is 3.40. The molecule has 0 amide bonds. The summed E-state index contributed by atoms with van der Waals surface area (Å²) in [6.07, 6.45) is 2.38. The van der Waals surface area contributed by atoms with Crippen LogP contribution in [0.4, 0.5) is 0 Å². The number of aromatic nitrogens is 1. The number of nitrogens with zero attached hydrogens (tertiary/aromatic N) is 1. The Labute approximate surface area is 121 Å². The zero-order valence-electron chi connectivity index (χ0n) is 12.6. The molecule has 0 bridgehead atoms. The second-order valence-electron chi connectivity index (χ2n) is 5.38. The van der Waals surface area contributed by atoms with Crippen LogP contribution in [0.3, 0.4) is 0 Å². The second kappa shape index (κ2) is 7.25. The Morgan fingerprint density at radius 1 is 1.30 bits per heavy atom. The zero-order chi connectivity index (χ0) is 14.4. The molecule has 3 heteroatoms. The molecule has 0 saturated heterocycles. The first-order valence-corrected chi connectivity index (χ1v) is 7.40. The van der Waals surface area contributed by atoms with Crippen LogP contribution in [0.15, 0.2) is 30.3 Å². The number of fused-ring (bicyclic) bond motifs is 1. The Balaban J connectivity index is 2.25. The summed E-state index contributed by atoms with van der Waals surface area (Å²) in [7, 11) is 1.93. The average Bonchev–Trinajstić information content (AvgIpc) is 2.45. The lowest BCUT2D eigenvalue weighted by molar-refractivity contribution is 0.245. The van der Waals surface area contributed by atoms with Crippen LogP contribution < -0.4 is 10.1 Å². The topological polar surface area (TPSA) is 34.1 Å². The van der Waals surface area contributed by atoms with Crippen LogP contribution in [-0.4, -0.2) is 18.6 Å². The van der Waals surface area contributed by atoms with Crippen LogP contribution in [-0.2, 0) is 6.54 Å². The van der Waals surface area contributed by atoms with Gasteiger partial charge >= 0.3 is 0 Å². The van der Waals surface area contributed by atoms with Gasteiger partial charge in [-0.1, -0.05) is 38.5 Å². The van der Waals surface area contributed by atoms with E-state index in [4.69, 9.17) is 4.74 Å². The van der Waals surface area contributed by atoms with E-state index in [1.54, 1.807) is 0 Å². The predicted molar refractivity (Wildman–Crippen MR) is 84.1 cm³/mol. The molecule has 3 nitrogen and oxygen atoms in total. The van der Waals surface area contributed by atoms with Crippen molar-refractivity contribution in [1.29, 1.82) is 0 Å². The molecular formula is C17H24N2O. The molecule has 1 N–H and O–H groups in total. The van der Waals surface area contributed by atoms with Crippen LogP contribution in [0.2, 0.25) is 0 Å². The third kappa shape index (κ3) is 3.70. The van der Waals surface area contributed by atoms with Gasteiger partial charge in [0.15, 0.2) is 0 Å². The molecule has 1 unspecified atom stereocenters. The average molecular weight is 272 g/mol. The van der Waals surface area contributed by atoms with E-state index in [0.717, 1.165) is 30.1 Å². The zero-order valence-corrected chi connectivity index (χ0v) is 12.6. The number of nitrogens with one attached hydrogen (secondary N) is 1. The number of rotatable bonds is 7. The van der Waals surface area contributed by atoms with E-state index in [0.29, 0.717) is 5.92 Å². The highest BCUT2D eigenvalue weighted by atomic mass is 16.5. The van der Waals surface area contributed by atoms with Crippen LogP contribution in [0, 0.1) is 5.92 Å². The van der Waals surface area contributed by atoms with Crippen molar-refractivity contribution in [3.8, 4) is 5.88 Å². The minimum Gasteiger partial charge on any atom is -0.477 e. The SMILES string of the molecule is CCCC(C)COc1nc(CNC)cc2ccccc12. The minimum absolute atomic E-state index is 0.563. The van der Waals surface area contributed by atoms with Crippen molar-refractivity contribution in [2.24, 2.45) is 5.92 Å². The normalized spacial score (nSPS) is 12.6. The van der Waals surface area contributed by atoms with Crippen molar-refractivity contribution in [3.63, 3.8) is 0 Å². The molecule has 0 spiro atoms. The van der Waals surface area contributed by atoms with Gasteiger partial charge < -0.3 is 10.1 Å².